The Hall–Kier alpha value is -2.86. The number of amides is 1. The van der Waals surface area contributed by atoms with Crippen molar-refractivity contribution in [1.82, 2.24) is 25.0 Å². The van der Waals surface area contributed by atoms with Gasteiger partial charge in [0.05, 0.1) is 0 Å². The van der Waals surface area contributed by atoms with Crippen LogP contribution in [0.15, 0.2) is 55.0 Å². The monoisotopic (exact) mass is 361 g/mol. The van der Waals surface area contributed by atoms with Gasteiger partial charge >= 0.3 is 0 Å². The fourth-order valence-corrected chi connectivity index (χ4v) is 3.83. The maximum atomic E-state index is 12.9. The van der Waals surface area contributed by atoms with E-state index in [9.17, 15) is 4.79 Å². The second-order valence-corrected chi connectivity index (χ2v) is 7.21. The fourth-order valence-electron chi connectivity index (χ4n) is 3.83. The van der Waals surface area contributed by atoms with Crippen molar-refractivity contribution in [1.29, 1.82) is 0 Å². The van der Waals surface area contributed by atoms with Crippen molar-refractivity contribution < 1.29 is 4.79 Å². The number of rotatable bonds is 3. The quantitative estimate of drug-likeness (QED) is 0.716. The van der Waals surface area contributed by atoms with Gasteiger partial charge in [-0.05, 0) is 42.5 Å². The molecule has 3 aromatic rings. The summed E-state index contributed by atoms with van der Waals surface area (Å²) in [5, 5.41) is 10.2. The molecule has 0 unspecified atom stereocenters. The van der Waals surface area contributed by atoms with E-state index in [2.05, 4.69) is 45.3 Å². The number of hydrogen-bond donors (Lipinski definition) is 0. The van der Waals surface area contributed by atoms with Gasteiger partial charge in [0.15, 0.2) is 5.69 Å². The van der Waals surface area contributed by atoms with Gasteiger partial charge in [0.25, 0.3) is 5.91 Å². The van der Waals surface area contributed by atoms with Crippen molar-refractivity contribution in [2.24, 2.45) is 5.92 Å². The molecular weight excluding hydrogens is 338 g/mol. The van der Waals surface area contributed by atoms with E-state index in [0.29, 0.717) is 24.7 Å². The molecule has 2 aromatic heterocycles. The second-order valence-electron chi connectivity index (χ2n) is 7.21. The summed E-state index contributed by atoms with van der Waals surface area (Å²) in [6.07, 6.45) is 6.34. The third kappa shape index (κ3) is 3.95. The van der Waals surface area contributed by atoms with Crippen LogP contribution in [-0.4, -0.2) is 64.1 Å². The third-order valence-corrected chi connectivity index (χ3v) is 5.14. The van der Waals surface area contributed by atoms with Gasteiger partial charge < -0.3 is 9.80 Å². The number of likely N-dealkylation sites (N-methyl/N-ethyl adjacent to an activating group) is 1. The molecule has 0 saturated carbocycles. The molecule has 1 aromatic carbocycles. The summed E-state index contributed by atoms with van der Waals surface area (Å²) in [6.45, 7) is 3.23. The molecule has 1 aliphatic rings. The van der Waals surface area contributed by atoms with Gasteiger partial charge in [-0.15, -0.1) is 5.10 Å². The number of fused-ring (bicyclic) bond motifs is 1. The molecule has 1 fully saturated rings. The van der Waals surface area contributed by atoms with E-state index in [1.165, 1.54) is 10.9 Å². The lowest BCUT2D eigenvalue weighted by molar-refractivity contribution is 0.0739. The van der Waals surface area contributed by atoms with Crippen LogP contribution in [-0.2, 0) is 6.42 Å². The summed E-state index contributed by atoms with van der Waals surface area (Å²) < 4.78 is 0. The number of nitrogens with zero attached hydrogens (tertiary/aromatic N) is 5. The molecule has 27 heavy (non-hydrogen) atoms. The van der Waals surface area contributed by atoms with Gasteiger partial charge in [-0.3, -0.25) is 9.78 Å². The average Bonchev–Trinajstić information content (AvgIpc) is 2.89. The normalized spacial score (nSPS) is 18.4. The zero-order chi connectivity index (χ0) is 18.6. The van der Waals surface area contributed by atoms with E-state index >= 15 is 0 Å². The molecule has 6 nitrogen and oxygen atoms in total. The minimum absolute atomic E-state index is 0.0422. The van der Waals surface area contributed by atoms with Crippen LogP contribution >= 0.6 is 0 Å². The van der Waals surface area contributed by atoms with Gasteiger partial charge in [0, 0.05) is 50.2 Å². The predicted molar refractivity (Wildman–Crippen MR) is 104 cm³/mol. The average molecular weight is 361 g/mol. The van der Waals surface area contributed by atoms with Crippen molar-refractivity contribution in [3.63, 3.8) is 0 Å². The number of carbonyl (C=O) groups is 1. The van der Waals surface area contributed by atoms with E-state index < -0.39 is 0 Å². The van der Waals surface area contributed by atoms with Crippen LogP contribution in [0.5, 0.6) is 0 Å². The Kier molecular flexibility index (Phi) is 5.07. The van der Waals surface area contributed by atoms with Crippen molar-refractivity contribution >= 4 is 16.7 Å². The highest BCUT2D eigenvalue weighted by Gasteiger charge is 2.26. The summed E-state index contributed by atoms with van der Waals surface area (Å²) in [5.41, 5.74) is 1.65. The summed E-state index contributed by atoms with van der Waals surface area (Å²) in [7, 11) is 2.12. The van der Waals surface area contributed by atoms with Crippen LogP contribution in [0.1, 0.15) is 16.1 Å². The first kappa shape index (κ1) is 17.5. The van der Waals surface area contributed by atoms with Gasteiger partial charge in [-0.1, -0.05) is 24.3 Å². The zero-order valence-electron chi connectivity index (χ0n) is 15.5. The molecule has 1 atom stereocenters. The van der Waals surface area contributed by atoms with Crippen LogP contribution in [0.4, 0.5) is 0 Å². The first-order valence-corrected chi connectivity index (χ1v) is 9.28. The van der Waals surface area contributed by atoms with Crippen molar-refractivity contribution in [3.05, 3.63) is 66.2 Å². The van der Waals surface area contributed by atoms with Gasteiger partial charge in [0.2, 0.25) is 0 Å². The SMILES string of the molecule is CN1CCN(C(=O)c2cccnn2)C[C@@H](Cc2cncc3ccccc23)C1. The van der Waals surface area contributed by atoms with E-state index in [1.54, 1.807) is 18.3 Å². The standard InChI is InChI=1S/C21H23N5O/c1-25-9-10-26(21(27)20-7-4-8-23-24-20)15-16(14-25)11-18-13-22-12-17-5-2-3-6-19(17)18/h2-8,12-13,16H,9-11,14-15H2,1H3/t16-/m0/s1. The Morgan fingerprint density at radius 3 is 2.85 bits per heavy atom. The van der Waals surface area contributed by atoms with Crippen LogP contribution < -0.4 is 0 Å². The molecule has 0 bridgehead atoms. The Balaban J connectivity index is 1.57. The van der Waals surface area contributed by atoms with Crippen LogP contribution in [0.3, 0.4) is 0 Å². The maximum absolute atomic E-state index is 12.9. The lowest BCUT2D eigenvalue weighted by Gasteiger charge is -2.24. The molecule has 6 heteroatoms. The second kappa shape index (κ2) is 7.80. The topological polar surface area (TPSA) is 62.2 Å². The molecule has 138 valence electrons. The molecular formula is C21H23N5O. The highest BCUT2D eigenvalue weighted by molar-refractivity contribution is 5.92. The highest BCUT2D eigenvalue weighted by Crippen LogP contribution is 2.22. The van der Waals surface area contributed by atoms with Crippen molar-refractivity contribution in [2.45, 2.75) is 6.42 Å². The van der Waals surface area contributed by atoms with E-state index in [-0.39, 0.29) is 5.91 Å². The zero-order valence-corrected chi connectivity index (χ0v) is 15.5. The summed E-state index contributed by atoms with van der Waals surface area (Å²) >= 11 is 0. The Morgan fingerprint density at radius 1 is 1.11 bits per heavy atom. The first-order valence-electron chi connectivity index (χ1n) is 9.28. The van der Waals surface area contributed by atoms with E-state index in [4.69, 9.17) is 0 Å². The van der Waals surface area contributed by atoms with Gasteiger partial charge in [-0.25, -0.2) is 0 Å². The Morgan fingerprint density at radius 2 is 2.00 bits per heavy atom. The largest absolute Gasteiger partial charge is 0.336 e. The van der Waals surface area contributed by atoms with Gasteiger partial charge in [0.1, 0.15) is 0 Å². The molecule has 4 rings (SSSR count). The summed E-state index contributed by atoms with van der Waals surface area (Å²) in [4.78, 5) is 21.5. The Bertz CT molecular complexity index is 925. The fraction of sp³-hybridized carbons (Fsp3) is 0.333. The molecule has 0 N–H and O–H groups in total. The van der Waals surface area contributed by atoms with Crippen LogP contribution in [0.25, 0.3) is 10.8 Å². The number of hydrogen-bond acceptors (Lipinski definition) is 5. The molecule has 1 aliphatic heterocycles. The molecule has 1 saturated heterocycles. The highest BCUT2D eigenvalue weighted by atomic mass is 16.2. The summed E-state index contributed by atoms with van der Waals surface area (Å²) in [6, 6.07) is 11.8. The Labute approximate surface area is 158 Å². The predicted octanol–water partition coefficient (Wildman–Crippen LogP) is 2.27. The van der Waals surface area contributed by atoms with Crippen molar-refractivity contribution in [3.8, 4) is 0 Å². The van der Waals surface area contributed by atoms with Crippen LogP contribution in [0, 0.1) is 5.92 Å². The maximum Gasteiger partial charge on any atom is 0.274 e. The number of benzene rings is 1. The molecule has 0 radical (unpaired) electrons. The van der Waals surface area contributed by atoms with Crippen LogP contribution in [0.2, 0.25) is 0 Å². The first-order chi connectivity index (χ1) is 13.2. The minimum Gasteiger partial charge on any atom is -0.336 e. The minimum atomic E-state index is -0.0422. The molecule has 0 aliphatic carbocycles. The summed E-state index contributed by atoms with van der Waals surface area (Å²) in [5.74, 6) is 0.296. The number of pyridine rings is 1. The smallest absolute Gasteiger partial charge is 0.274 e. The molecule has 0 spiro atoms. The van der Waals surface area contributed by atoms with E-state index in [1.807, 2.05) is 23.4 Å². The molecule has 3 heterocycles. The lowest BCUT2D eigenvalue weighted by atomic mass is 9.96. The molecule has 1 amide bonds. The van der Waals surface area contributed by atoms with E-state index in [0.717, 1.165) is 24.9 Å². The third-order valence-electron chi connectivity index (χ3n) is 5.14. The lowest BCUT2D eigenvalue weighted by Crippen LogP contribution is -2.37. The van der Waals surface area contributed by atoms with Crippen molar-refractivity contribution in [2.75, 3.05) is 33.2 Å². The number of carbonyl (C=O) groups excluding carboxylic acids is 1. The van der Waals surface area contributed by atoms with Gasteiger partial charge in [-0.2, -0.15) is 5.10 Å². The number of aromatic nitrogens is 3.